The Morgan fingerprint density at radius 3 is 2.67 bits per heavy atom. The van der Waals surface area contributed by atoms with E-state index in [1.807, 2.05) is 29.2 Å². The predicted octanol–water partition coefficient (Wildman–Crippen LogP) is 3.53. The lowest BCUT2D eigenvalue weighted by Crippen LogP contribution is -2.30. The van der Waals surface area contributed by atoms with Crippen LogP contribution in [0.5, 0.6) is 0 Å². The number of nitrogens with zero attached hydrogens (tertiary/aromatic N) is 1. The Hall–Kier alpha value is -2.10. The van der Waals surface area contributed by atoms with Crippen molar-refractivity contribution in [2.45, 2.75) is 0 Å². The molecule has 0 radical (unpaired) electrons. The second-order valence-corrected chi connectivity index (χ2v) is 4.19. The molecule has 0 saturated heterocycles. The van der Waals surface area contributed by atoms with Crippen molar-refractivity contribution in [1.29, 1.82) is 0 Å². The maximum atomic E-state index is 13.3. The molecule has 0 bridgehead atoms. The molecule has 0 fully saturated rings. The average Bonchev–Trinajstić information content (AvgIpc) is 2.41. The van der Waals surface area contributed by atoms with Gasteiger partial charge in [-0.05, 0) is 24.3 Å². The molecule has 2 aromatic rings. The van der Waals surface area contributed by atoms with E-state index in [0.717, 1.165) is 30.5 Å². The molecule has 0 spiro atoms. The largest absolute Gasteiger partial charge is 0.382 e. The Morgan fingerprint density at radius 2 is 1.83 bits per heavy atom. The zero-order valence-corrected chi connectivity index (χ0v) is 9.66. The number of nitrogens with one attached hydrogen (secondary N) is 1. The lowest BCUT2D eigenvalue weighted by Gasteiger charge is -2.32. The van der Waals surface area contributed by atoms with Crippen LogP contribution in [0.15, 0.2) is 42.5 Å². The van der Waals surface area contributed by atoms with Crippen LogP contribution >= 0.6 is 0 Å². The molecular formula is C14H12F2N2. The average molecular weight is 246 g/mol. The van der Waals surface area contributed by atoms with E-state index < -0.39 is 11.6 Å². The molecule has 1 heterocycles. The van der Waals surface area contributed by atoms with Gasteiger partial charge in [-0.2, -0.15) is 0 Å². The fraction of sp³-hybridized carbons (Fsp3) is 0.143. The Morgan fingerprint density at radius 1 is 1.00 bits per heavy atom. The van der Waals surface area contributed by atoms with Crippen LogP contribution < -0.4 is 10.2 Å². The Bertz CT molecular complexity index is 584. The summed E-state index contributed by atoms with van der Waals surface area (Å²) in [5.41, 5.74) is 2.66. The zero-order valence-electron chi connectivity index (χ0n) is 9.66. The number of fused-ring (bicyclic) bond motifs is 1. The van der Waals surface area contributed by atoms with Crippen LogP contribution in [-0.4, -0.2) is 13.1 Å². The van der Waals surface area contributed by atoms with Crippen LogP contribution in [0, 0.1) is 11.6 Å². The molecule has 0 amide bonds. The maximum absolute atomic E-state index is 13.3. The highest BCUT2D eigenvalue weighted by Crippen LogP contribution is 2.34. The number of para-hydroxylation sites is 2. The van der Waals surface area contributed by atoms with Crippen molar-refractivity contribution in [3.63, 3.8) is 0 Å². The highest BCUT2D eigenvalue weighted by atomic mass is 19.2. The van der Waals surface area contributed by atoms with Crippen LogP contribution in [-0.2, 0) is 0 Å². The summed E-state index contributed by atoms with van der Waals surface area (Å²) in [5, 5.41) is 3.28. The third-order valence-corrected chi connectivity index (χ3v) is 3.06. The summed E-state index contributed by atoms with van der Waals surface area (Å²) in [6.45, 7) is 1.50. The maximum Gasteiger partial charge on any atom is 0.160 e. The molecule has 1 aliphatic heterocycles. The molecule has 0 unspecified atom stereocenters. The minimum atomic E-state index is -0.817. The van der Waals surface area contributed by atoms with Gasteiger partial charge in [0.1, 0.15) is 0 Å². The van der Waals surface area contributed by atoms with Gasteiger partial charge in [-0.3, -0.25) is 0 Å². The van der Waals surface area contributed by atoms with Crippen molar-refractivity contribution in [3.8, 4) is 0 Å². The zero-order chi connectivity index (χ0) is 12.5. The normalized spacial score (nSPS) is 14.0. The summed E-state index contributed by atoms with van der Waals surface area (Å²) < 4.78 is 26.2. The second kappa shape index (κ2) is 4.29. The summed E-state index contributed by atoms with van der Waals surface area (Å²) in [4.78, 5) is 1.98. The predicted molar refractivity (Wildman–Crippen MR) is 68.3 cm³/mol. The first-order valence-electron chi connectivity index (χ1n) is 5.81. The van der Waals surface area contributed by atoms with Gasteiger partial charge in [0.2, 0.25) is 0 Å². The molecule has 92 valence electrons. The fourth-order valence-corrected chi connectivity index (χ4v) is 2.20. The SMILES string of the molecule is Fc1ccc(N2CCNc3ccccc32)cc1F. The molecule has 18 heavy (non-hydrogen) atoms. The first-order chi connectivity index (χ1) is 8.75. The monoisotopic (exact) mass is 246 g/mol. The summed E-state index contributed by atoms with van der Waals surface area (Å²) >= 11 is 0. The van der Waals surface area contributed by atoms with Crippen LogP contribution in [0.25, 0.3) is 0 Å². The van der Waals surface area contributed by atoms with Crippen molar-refractivity contribution >= 4 is 17.1 Å². The van der Waals surface area contributed by atoms with Gasteiger partial charge in [-0.15, -0.1) is 0 Å². The van der Waals surface area contributed by atoms with Crippen molar-refractivity contribution in [1.82, 2.24) is 0 Å². The van der Waals surface area contributed by atoms with Crippen molar-refractivity contribution < 1.29 is 8.78 Å². The van der Waals surface area contributed by atoms with Gasteiger partial charge in [0, 0.05) is 24.8 Å². The van der Waals surface area contributed by atoms with Gasteiger partial charge in [-0.1, -0.05) is 12.1 Å². The van der Waals surface area contributed by atoms with Gasteiger partial charge >= 0.3 is 0 Å². The lowest BCUT2D eigenvalue weighted by molar-refractivity contribution is 0.508. The van der Waals surface area contributed by atoms with E-state index in [-0.39, 0.29) is 0 Å². The Labute approximate surface area is 104 Å². The number of rotatable bonds is 1. The fourth-order valence-electron chi connectivity index (χ4n) is 2.20. The smallest absolute Gasteiger partial charge is 0.160 e. The van der Waals surface area contributed by atoms with E-state index in [1.54, 1.807) is 6.07 Å². The molecule has 2 nitrogen and oxygen atoms in total. The first-order valence-corrected chi connectivity index (χ1v) is 5.81. The summed E-state index contributed by atoms with van der Waals surface area (Å²) in [5.74, 6) is -1.63. The number of halogens is 2. The molecule has 0 atom stereocenters. The van der Waals surface area contributed by atoms with Crippen molar-refractivity contribution in [2.24, 2.45) is 0 Å². The molecule has 0 saturated carbocycles. The van der Waals surface area contributed by atoms with Crippen LogP contribution in [0.2, 0.25) is 0 Å². The van der Waals surface area contributed by atoms with Crippen molar-refractivity contribution in [2.75, 3.05) is 23.3 Å². The van der Waals surface area contributed by atoms with Gasteiger partial charge < -0.3 is 10.2 Å². The van der Waals surface area contributed by atoms with Crippen LogP contribution in [0.4, 0.5) is 25.8 Å². The molecule has 4 heteroatoms. The Kier molecular flexibility index (Phi) is 2.63. The molecule has 2 aromatic carbocycles. The van der Waals surface area contributed by atoms with Crippen molar-refractivity contribution in [3.05, 3.63) is 54.1 Å². The minimum Gasteiger partial charge on any atom is -0.382 e. The second-order valence-electron chi connectivity index (χ2n) is 4.19. The molecule has 3 rings (SSSR count). The van der Waals surface area contributed by atoms with E-state index >= 15 is 0 Å². The lowest BCUT2D eigenvalue weighted by atomic mass is 10.1. The third-order valence-electron chi connectivity index (χ3n) is 3.06. The topological polar surface area (TPSA) is 15.3 Å². The minimum absolute atomic E-state index is 0.669. The van der Waals surface area contributed by atoms with E-state index in [1.165, 1.54) is 6.07 Å². The highest BCUT2D eigenvalue weighted by molar-refractivity contribution is 5.78. The van der Waals surface area contributed by atoms with Gasteiger partial charge in [0.25, 0.3) is 0 Å². The van der Waals surface area contributed by atoms with Gasteiger partial charge in [0.15, 0.2) is 11.6 Å². The standard InChI is InChI=1S/C14H12F2N2/c15-11-6-5-10(9-12(11)16)18-8-7-17-13-3-1-2-4-14(13)18/h1-6,9,17H,7-8H2. The van der Waals surface area contributed by atoms with Gasteiger partial charge in [0.05, 0.1) is 11.4 Å². The summed E-state index contributed by atoms with van der Waals surface area (Å²) in [6.07, 6.45) is 0. The molecular weight excluding hydrogens is 234 g/mol. The number of hydrogen-bond donors (Lipinski definition) is 1. The quantitative estimate of drug-likeness (QED) is 0.828. The highest BCUT2D eigenvalue weighted by Gasteiger charge is 2.18. The number of benzene rings is 2. The third kappa shape index (κ3) is 1.79. The van der Waals surface area contributed by atoms with Crippen LogP contribution in [0.1, 0.15) is 0 Å². The molecule has 1 N–H and O–H groups in total. The molecule has 0 aromatic heterocycles. The number of hydrogen-bond acceptors (Lipinski definition) is 2. The molecule has 1 aliphatic rings. The Balaban J connectivity index is 2.05. The summed E-state index contributed by atoms with van der Waals surface area (Å²) in [6, 6.07) is 11.8. The van der Waals surface area contributed by atoms with E-state index in [0.29, 0.717) is 5.69 Å². The molecule has 0 aliphatic carbocycles. The first kappa shape index (κ1) is 11.0. The van der Waals surface area contributed by atoms with E-state index in [2.05, 4.69) is 5.32 Å². The van der Waals surface area contributed by atoms with E-state index in [9.17, 15) is 8.78 Å². The number of anilines is 3. The van der Waals surface area contributed by atoms with Crippen LogP contribution in [0.3, 0.4) is 0 Å². The van der Waals surface area contributed by atoms with Gasteiger partial charge in [-0.25, -0.2) is 8.78 Å². The van der Waals surface area contributed by atoms with E-state index in [4.69, 9.17) is 0 Å². The summed E-state index contributed by atoms with van der Waals surface area (Å²) in [7, 11) is 0.